The van der Waals surface area contributed by atoms with Crippen LogP contribution in [0.25, 0.3) is 11.1 Å². The van der Waals surface area contributed by atoms with Gasteiger partial charge in [0.25, 0.3) is 0 Å². The zero-order valence-corrected chi connectivity index (χ0v) is 15.1. The number of ether oxygens (including phenoxy) is 1. The van der Waals surface area contributed by atoms with Crippen molar-refractivity contribution in [2.45, 2.75) is 5.92 Å². The maximum absolute atomic E-state index is 12.3. The second-order valence-electron chi connectivity index (χ2n) is 6.49. The summed E-state index contributed by atoms with van der Waals surface area (Å²) in [5.41, 5.74) is 4.17. The topological polar surface area (TPSA) is 112 Å². The molecule has 1 aromatic heterocycles. The zero-order valence-electron chi connectivity index (χ0n) is 15.1. The third kappa shape index (κ3) is 3.39. The highest BCUT2D eigenvalue weighted by Gasteiger charge is 2.29. The summed E-state index contributed by atoms with van der Waals surface area (Å²) in [5.74, 6) is -1.58. The number of nitrogens with zero attached hydrogens (tertiary/aromatic N) is 2. The first-order valence-electron chi connectivity index (χ1n) is 8.84. The number of carbonyl (C=O) groups excluding carboxylic acids is 1. The van der Waals surface area contributed by atoms with Gasteiger partial charge in [-0.3, -0.25) is 5.32 Å². The second kappa shape index (κ2) is 7.44. The van der Waals surface area contributed by atoms with Crippen LogP contribution in [0.4, 0.5) is 10.6 Å². The first kappa shape index (κ1) is 18.2. The van der Waals surface area contributed by atoms with Crippen LogP contribution in [0.3, 0.4) is 0 Å². The highest BCUT2D eigenvalue weighted by Crippen LogP contribution is 2.44. The number of pyridine rings is 1. The van der Waals surface area contributed by atoms with Crippen molar-refractivity contribution in [1.29, 1.82) is 5.26 Å². The second-order valence-corrected chi connectivity index (χ2v) is 6.49. The lowest BCUT2D eigenvalue weighted by atomic mass is 9.98. The number of anilines is 1. The third-order valence-corrected chi connectivity index (χ3v) is 4.81. The lowest BCUT2D eigenvalue weighted by molar-refractivity contribution is 0.0697. The number of benzene rings is 2. The Balaban J connectivity index is 1.52. The molecule has 1 aliphatic rings. The van der Waals surface area contributed by atoms with Gasteiger partial charge >= 0.3 is 12.1 Å². The Morgan fingerprint density at radius 2 is 1.72 bits per heavy atom. The molecule has 3 aromatic rings. The molecule has 2 N–H and O–H groups in total. The Kier molecular flexibility index (Phi) is 4.67. The van der Waals surface area contributed by atoms with E-state index in [4.69, 9.17) is 10.00 Å². The van der Waals surface area contributed by atoms with Gasteiger partial charge in [-0.15, -0.1) is 0 Å². The number of aromatic carboxylic acids is 1. The van der Waals surface area contributed by atoms with E-state index in [-0.39, 0.29) is 29.5 Å². The minimum absolute atomic E-state index is 0.0838. The summed E-state index contributed by atoms with van der Waals surface area (Å²) >= 11 is 0. The van der Waals surface area contributed by atoms with Gasteiger partial charge in [0.15, 0.2) is 0 Å². The number of nitriles is 1. The van der Waals surface area contributed by atoms with Crippen LogP contribution in [-0.2, 0) is 4.74 Å². The molecule has 0 saturated carbocycles. The average molecular weight is 385 g/mol. The van der Waals surface area contributed by atoms with Crippen molar-refractivity contribution in [3.63, 3.8) is 0 Å². The monoisotopic (exact) mass is 385 g/mol. The number of carbonyl (C=O) groups is 2. The maximum Gasteiger partial charge on any atom is 0.412 e. The molecule has 0 aliphatic heterocycles. The van der Waals surface area contributed by atoms with Gasteiger partial charge in [-0.25, -0.2) is 14.6 Å². The molecule has 142 valence electrons. The van der Waals surface area contributed by atoms with E-state index in [1.165, 1.54) is 6.20 Å². The Hall–Kier alpha value is -4.18. The van der Waals surface area contributed by atoms with Crippen molar-refractivity contribution >= 4 is 17.9 Å². The van der Waals surface area contributed by atoms with E-state index in [1.807, 2.05) is 54.6 Å². The largest absolute Gasteiger partial charge is 0.478 e. The van der Waals surface area contributed by atoms with Gasteiger partial charge in [0.05, 0.1) is 5.56 Å². The SMILES string of the molecule is N#Cc1cnc(NC(=O)OCC2c3ccccc3-c3ccccc32)c(C(=O)O)c1. The number of rotatable bonds is 4. The van der Waals surface area contributed by atoms with E-state index in [0.717, 1.165) is 28.3 Å². The minimum atomic E-state index is -1.30. The van der Waals surface area contributed by atoms with Gasteiger partial charge in [0.1, 0.15) is 24.1 Å². The number of aromatic nitrogens is 1. The molecule has 0 spiro atoms. The lowest BCUT2D eigenvalue weighted by Gasteiger charge is -2.15. The van der Waals surface area contributed by atoms with Gasteiger partial charge in [-0.05, 0) is 28.3 Å². The smallest absolute Gasteiger partial charge is 0.412 e. The van der Waals surface area contributed by atoms with Gasteiger partial charge in [-0.1, -0.05) is 48.5 Å². The lowest BCUT2D eigenvalue weighted by Crippen LogP contribution is -2.20. The first-order valence-corrected chi connectivity index (χ1v) is 8.84. The molecule has 0 radical (unpaired) electrons. The number of hydrogen-bond donors (Lipinski definition) is 2. The Bertz CT molecular complexity index is 1120. The normalized spacial score (nSPS) is 11.8. The van der Waals surface area contributed by atoms with Crippen LogP contribution in [-0.4, -0.2) is 28.8 Å². The quantitative estimate of drug-likeness (QED) is 0.702. The van der Waals surface area contributed by atoms with Crippen molar-refractivity contribution in [2.75, 3.05) is 11.9 Å². The van der Waals surface area contributed by atoms with Crippen molar-refractivity contribution in [3.8, 4) is 17.2 Å². The van der Waals surface area contributed by atoms with Crippen LogP contribution in [0.2, 0.25) is 0 Å². The summed E-state index contributed by atoms with van der Waals surface area (Å²) in [5, 5.41) is 20.5. The molecule has 1 heterocycles. The maximum atomic E-state index is 12.3. The molecule has 0 fully saturated rings. The summed E-state index contributed by atoms with van der Waals surface area (Å²) in [4.78, 5) is 27.5. The molecular weight excluding hydrogens is 370 g/mol. The number of hydrogen-bond acceptors (Lipinski definition) is 5. The van der Waals surface area contributed by atoms with E-state index in [0.29, 0.717) is 0 Å². The van der Waals surface area contributed by atoms with Crippen LogP contribution < -0.4 is 5.32 Å². The van der Waals surface area contributed by atoms with Crippen LogP contribution >= 0.6 is 0 Å². The van der Waals surface area contributed by atoms with Gasteiger partial charge in [0.2, 0.25) is 0 Å². The average Bonchev–Trinajstić information content (AvgIpc) is 3.06. The summed E-state index contributed by atoms with van der Waals surface area (Å²) in [7, 11) is 0. The van der Waals surface area contributed by atoms with Crippen LogP contribution in [0, 0.1) is 11.3 Å². The fourth-order valence-electron chi connectivity index (χ4n) is 3.52. The number of fused-ring (bicyclic) bond motifs is 3. The predicted octanol–water partition coefficient (Wildman–Crippen LogP) is 4.01. The third-order valence-electron chi connectivity index (χ3n) is 4.81. The Morgan fingerprint density at radius 1 is 1.10 bits per heavy atom. The molecule has 29 heavy (non-hydrogen) atoms. The Labute approximate surface area is 166 Å². The van der Waals surface area contributed by atoms with E-state index < -0.39 is 12.1 Å². The standard InChI is InChI=1S/C22H15N3O4/c23-10-13-9-18(21(26)27)20(24-11-13)25-22(28)29-12-19-16-7-3-1-5-14(16)15-6-2-4-8-17(15)19/h1-9,11,19H,12H2,(H,26,27)(H,24,25,28). The summed E-state index contributed by atoms with van der Waals surface area (Å²) in [6.07, 6.45) is 0.373. The highest BCUT2D eigenvalue weighted by molar-refractivity contribution is 5.97. The van der Waals surface area contributed by atoms with E-state index in [9.17, 15) is 14.7 Å². The van der Waals surface area contributed by atoms with Crippen molar-refractivity contribution in [2.24, 2.45) is 0 Å². The van der Waals surface area contributed by atoms with Crippen LogP contribution in [0.1, 0.15) is 33.0 Å². The van der Waals surface area contributed by atoms with Gasteiger partial charge in [-0.2, -0.15) is 5.26 Å². The first-order chi connectivity index (χ1) is 14.1. The van der Waals surface area contributed by atoms with E-state index >= 15 is 0 Å². The van der Waals surface area contributed by atoms with Crippen LogP contribution in [0.5, 0.6) is 0 Å². The molecule has 2 aromatic carbocycles. The predicted molar refractivity (Wildman–Crippen MR) is 105 cm³/mol. The Morgan fingerprint density at radius 3 is 2.31 bits per heavy atom. The molecular formula is C22H15N3O4. The molecule has 1 amide bonds. The minimum Gasteiger partial charge on any atom is -0.478 e. The summed E-state index contributed by atoms with van der Waals surface area (Å²) < 4.78 is 5.39. The molecule has 0 bridgehead atoms. The van der Waals surface area contributed by atoms with Crippen LogP contribution in [0.15, 0.2) is 60.8 Å². The zero-order chi connectivity index (χ0) is 20.4. The van der Waals surface area contributed by atoms with E-state index in [1.54, 1.807) is 0 Å². The number of amides is 1. The summed E-state index contributed by atoms with van der Waals surface area (Å²) in [6, 6.07) is 18.9. The fraction of sp³-hybridized carbons (Fsp3) is 0.0909. The van der Waals surface area contributed by atoms with Crippen molar-refractivity contribution < 1.29 is 19.4 Å². The molecule has 4 rings (SSSR count). The molecule has 0 unspecified atom stereocenters. The van der Waals surface area contributed by atoms with Gasteiger partial charge < -0.3 is 9.84 Å². The van der Waals surface area contributed by atoms with Crippen molar-refractivity contribution in [3.05, 3.63) is 83.0 Å². The number of nitrogens with one attached hydrogen (secondary N) is 1. The molecule has 0 atom stereocenters. The fourth-order valence-corrected chi connectivity index (χ4v) is 3.52. The highest BCUT2D eigenvalue weighted by atomic mass is 16.5. The molecule has 7 nitrogen and oxygen atoms in total. The molecule has 0 saturated heterocycles. The number of carboxylic acids is 1. The molecule has 7 heteroatoms. The molecule has 1 aliphatic carbocycles. The summed E-state index contributed by atoms with van der Waals surface area (Å²) in [6.45, 7) is 0.0958. The van der Waals surface area contributed by atoms with Crippen molar-refractivity contribution in [1.82, 2.24) is 4.98 Å². The number of carboxylic acid groups (broad SMARTS) is 1. The van der Waals surface area contributed by atoms with E-state index in [2.05, 4.69) is 10.3 Å². The van der Waals surface area contributed by atoms with Gasteiger partial charge in [0, 0.05) is 12.1 Å².